The number of fused-ring (bicyclic) bond motifs is 1. The maximum atomic E-state index is 10.7. The molecule has 3 nitrogen and oxygen atoms in total. The van der Waals surface area contributed by atoms with Gasteiger partial charge in [0.05, 0.1) is 12.2 Å². The van der Waals surface area contributed by atoms with E-state index in [4.69, 9.17) is 9.52 Å². The molecular formula is C10H12O3. The van der Waals surface area contributed by atoms with Crippen LogP contribution in [-0.4, -0.2) is 11.1 Å². The number of carbonyl (C=O) groups is 1. The summed E-state index contributed by atoms with van der Waals surface area (Å²) in [6, 6.07) is 1.93. The van der Waals surface area contributed by atoms with Crippen LogP contribution >= 0.6 is 0 Å². The van der Waals surface area contributed by atoms with Crippen molar-refractivity contribution in [2.24, 2.45) is 11.8 Å². The highest BCUT2D eigenvalue weighted by Gasteiger charge is 2.31. The lowest BCUT2D eigenvalue weighted by molar-refractivity contribution is -0.142. The molecular weight excluding hydrogens is 168 g/mol. The summed E-state index contributed by atoms with van der Waals surface area (Å²) in [7, 11) is 0. The predicted octanol–water partition coefficient (Wildman–Crippen LogP) is 1.72. The highest BCUT2D eigenvalue weighted by atomic mass is 16.4. The fourth-order valence-corrected chi connectivity index (χ4v) is 1.88. The van der Waals surface area contributed by atoms with E-state index >= 15 is 0 Å². The van der Waals surface area contributed by atoms with E-state index in [2.05, 4.69) is 0 Å². The number of furan rings is 1. The third-order valence-electron chi connectivity index (χ3n) is 2.86. The summed E-state index contributed by atoms with van der Waals surface area (Å²) in [5, 5.41) is 8.83. The first-order valence-corrected chi connectivity index (χ1v) is 4.46. The minimum Gasteiger partial charge on any atom is -0.481 e. The molecule has 2 atom stereocenters. The molecule has 0 fully saturated rings. The van der Waals surface area contributed by atoms with Crippen molar-refractivity contribution >= 4 is 5.97 Å². The number of hydrogen-bond donors (Lipinski definition) is 1. The standard InChI is InChI=1S/C10H12O3/c1-6(10(11)12)8-4-7-2-3-13-9(7)5-8/h2-3,6,8H,4-5H2,1H3,(H,11,12). The first-order valence-electron chi connectivity index (χ1n) is 4.46. The molecule has 0 spiro atoms. The Morgan fingerprint density at radius 1 is 1.69 bits per heavy atom. The third-order valence-corrected chi connectivity index (χ3v) is 2.86. The fourth-order valence-electron chi connectivity index (χ4n) is 1.88. The van der Waals surface area contributed by atoms with Crippen LogP contribution in [0.2, 0.25) is 0 Å². The van der Waals surface area contributed by atoms with Gasteiger partial charge in [0, 0.05) is 6.42 Å². The van der Waals surface area contributed by atoms with Gasteiger partial charge >= 0.3 is 5.97 Å². The molecule has 0 saturated carbocycles. The largest absolute Gasteiger partial charge is 0.481 e. The van der Waals surface area contributed by atoms with Gasteiger partial charge < -0.3 is 9.52 Å². The first kappa shape index (κ1) is 8.35. The third kappa shape index (κ3) is 1.34. The molecule has 2 unspecified atom stereocenters. The zero-order valence-electron chi connectivity index (χ0n) is 7.49. The molecule has 0 aliphatic heterocycles. The Kier molecular flexibility index (Phi) is 1.87. The lowest BCUT2D eigenvalue weighted by Crippen LogP contribution is -2.20. The van der Waals surface area contributed by atoms with Gasteiger partial charge in [-0.15, -0.1) is 0 Å². The van der Waals surface area contributed by atoms with Gasteiger partial charge in [-0.1, -0.05) is 6.92 Å². The van der Waals surface area contributed by atoms with Gasteiger partial charge in [0.15, 0.2) is 0 Å². The second-order valence-corrected chi connectivity index (χ2v) is 3.66. The topological polar surface area (TPSA) is 50.4 Å². The van der Waals surface area contributed by atoms with Crippen LogP contribution in [0.25, 0.3) is 0 Å². The molecule has 1 aliphatic rings. The summed E-state index contributed by atoms with van der Waals surface area (Å²) in [4.78, 5) is 10.7. The zero-order valence-corrected chi connectivity index (χ0v) is 7.49. The van der Waals surface area contributed by atoms with Crippen LogP contribution in [0.5, 0.6) is 0 Å². The molecule has 0 radical (unpaired) electrons. The van der Waals surface area contributed by atoms with Crippen molar-refractivity contribution in [1.29, 1.82) is 0 Å². The Bertz CT molecular complexity index is 306. The summed E-state index contributed by atoms with van der Waals surface area (Å²) in [5.41, 5.74) is 1.18. The Balaban J connectivity index is 2.10. The van der Waals surface area contributed by atoms with Gasteiger partial charge in [-0.3, -0.25) is 4.79 Å². The van der Waals surface area contributed by atoms with Crippen LogP contribution in [0.4, 0.5) is 0 Å². The van der Waals surface area contributed by atoms with Gasteiger partial charge in [-0.05, 0) is 24.0 Å². The number of carboxylic acids is 1. The number of hydrogen-bond acceptors (Lipinski definition) is 2. The maximum Gasteiger partial charge on any atom is 0.306 e. The first-order chi connectivity index (χ1) is 6.18. The average Bonchev–Trinajstić information content (AvgIpc) is 2.59. The van der Waals surface area contributed by atoms with Crippen LogP contribution in [0.1, 0.15) is 18.2 Å². The van der Waals surface area contributed by atoms with Crippen LogP contribution in [0.3, 0.4) is 0 Å². The lowest BCUT2D eigenvalue weighted by Gasteiger charge is -2.13. The van der Waals surface area contributed by atoms with Crippen LogP contribution in [-0.2, 0) is 17.6 Å². The van der Waals surface area contributed by atoms with Gasteiger partial charge in [0.1, 0.15) is 5.76 Å². The van der Waals surface area contributed by atoms with Crippen LogP contribution < -0.4 is 0 Å². The molecule has 2 rings (SSSR count). The van der Waals surface area contributed by atoms with E-state index < -0.39 is 5.97 Å². The van der Waals surface area contributed by atoms with Crippen molar-refractivity contribution in [3.8, 4) is 0 Å². The van der Waals surface area contributed by atoms with Gasteiger partial charge in [-0.2, -0.15) is 0 Å². The highest BCUT2D eigenvalue weighted by Crippen LogP contribution is 2.32. The van der Waals surface area contributed by atoms with E-state index in [-0.39, 0.29) is 11.8 Å². The normalized spacial score (nSPS) is 22.7. The summed E-state index contributed by atoms with van der Waals surface area (Å²) < 4.78 is 5.24. The van der Waals surface area contributed by atoms with Gasteiger partial charge in [-0.25, -0.2) is 0 Å². The van der Waals surface area contributed by atoms with Crippen molar-refractivity contribution in [1.82, 2.24) is 0 Å². The SMILES string of the molecule is CC(C(=O)O)C1Cc2ccoc2C1. The van der Waals surface area contributed by atoms with Crippen molar-refractivity contribution in [3.63, 3.8) is 0 Å². The Morgan fingerprint density at radius 2 is 2.46 bits per heavy atom. The lowest BCUT2D eigenvalue weighted by atomic mass is 9.92. The smallest absolute Gasteiger partial charge is 0.306 e. The molecule has 0 aromatic carbocycles. The Labute approximate surface area is 76.4 Å². The predicted molar refractivity (Wildman–Crippen MR) is 46.4 cm³/mol. The monoisotopic (exact) mass is 180 g/mol. The van der Waals surface area contributed by atoms with Crippen molar-refractivity contribution in [2.45, 2.75) is 19.8 Å². The van der Waals surface area contributed by atoms with Gasteiger partial charge in [0.25, 0.3) is 0 Å². The van der Waals surface area contributed by atoms with E-state index in [1.165, 1.54) is 5.56 Å². The Morgan fingerprint density at radius 3 is 3.08 bits per heavy atom. The maximum absolute atomic E-state index is 10.7. The van der Waals surface area contributed by atoms with E-state index in [1.54, 1.807) is 13.2 Å². The van der Waals surface area contributed by atoms with Crippen LogP contribution in [0, 0.1) is 11.8 Å². The molecule has 1 aliphatic carbocycles. The Hall–Kier alpha value is -1.25. The average molecular weight is 180 g/mol. The van der Waals surface area contributed by atoms with Gasteiger partial charge in [0.2, 0.25) is 0 Å². The minimum atomic E-state index is -0.713. The highest BCUT2D eigenvalue weighted by molar-refractivity contribution is 5.70. The van der Waals surface area contributed by atoms with Crippen molar-refractivity contribution in [3.05, 3.63) is 23.7 Å². The van der Waals surface area contributed by atoms with E-state index in [0.29, 0.717) is 0 Å². The van der Waals surface area contributed by atoms with Crippen LogP contribution in [0.15, 0.2) is 16.7 Å². The summed E-state index contributed by atoms with van der Waals surface area (Å²) in [5.74, 6) is 0.198. The molecule has 0 bridgehead atoms. The molecule has 70 valence electrons. The molecule has 1 heterocycles. The number of aliphatic carboxylic acids is 1. The summed E-state index contributed by atoms with van der Waals surface area (Å²) in [6.07, 6.45) is 3.29. The van der Waals surface area contributed by atoms with Crippen molar-refractivity contribution in [2.75, 3.05) is 0 Å². The van der Waals surface area contributed by atoms with E-state index in [9.17, 15) is 4.79 Å². The number of rotatable bonds is 2. The second-order valence-electron chi connectivity index (χ2n) is 3.66. The summed E-state index contributed by atoms with van der Waals surface area (Å²) >= 11 is 0. The van der Waals surface area contributed by atoms with E-state index in [1.807, 2.05) is 6.07 Å². The second kappa shape index (κ2) is 2.91. The molecule has 1 aromatic heterocycles. The number of carboxylic acid groups (broad SMARTS) is 1. The molecule has 0 saturated heterocycles. The zero-order chi connectivity index (χ0) is 9.42. The van der Waals surface area contributed by atoms with Crippen molar-refractivity contribution < 1.29 is 14.3 Å². The fraction of sp³-hybridized carbons (Fsp3) is 0.500. The summed E-state index contributed by atoms with van der Waals surface area (Å²) in [6.45, 7) is 1.76. The molecule has 0 amide bonds. The molecule has 1 N–H and O–H groups in total. The quantitative estimate of drug-likeness (QED) is 0.753. The minimum absolute atomic E-state index is 0.215. The van der Waals surface area contributed by atoms with E-state index in [0.717, 1.165) is 18.6 Å². The molecule has 13 heavy (non-hydrogen) atoms. The molecule has 3 heteroatoms. The molecule has 1 aromatic rings.